The first-order chi connectivity index (χ1) is 8.15. The van der Waals surface area contributed by atoms with E-state index in [1.54, 1.807) is 12.1 Å². The summed E-state index contributed by atoms with van der Waals surface area (Å²) in [4.78, 5) is 2.09. The van der Waals surface area contributed by atoms with Crippen molar-refractivity contribution in [1.82, 2.24) is 0 Å². The monoisotopic (exact) mass is 230 g/mol. The lowest BCUT2D eigenvalue weighted by atomic mass is 10.2. The lowest BCUT2D eigenvalue weighted by Crippen LogP contribution is -2.16. The summed E-state index contributed by atoms with van der Waals surface area (Å²) in [7, 11) is 1.99. The summed E-state index contributed by atoms with van der Waals surface area (Å²) in [6.45, 7) is 0.740. The van der Waals surface area contributed by atoms with Crippen LogP contribution in [0.3, 0.4) is 0 Å². The second kappa shape index (κ2) is 4.87. The minimum atomic E-state index is -0.205. The zero-order chi connectivity index (χ0) is 12.3. The smallest absolute Gasteiger partial charge is 0.123 e. The maximum absolute atomic E-state index is 12.8. The van der Waals surface area contributed by atoms with Crippen molar-refractivity contribution < 1.29 is 4.39 Å². The average Bonchev–Trinajstić information content (AvgIpc) is 2.33. The summed E-state index contributed by atoms with van der Waals surface area (Å²) in [5.74, 6) is -0.205. The van der Waals surface area contributed by atoms with Crippen LogP contribution >= 0.6 is 0 Å². The molecule has 0 aromatic heterocycles. The van der Waals surface area contributed by atoms with Crippen molar-refractivity contribution in [3.05, 3.63) is 59.9 Å². The predicted octanol–water partition coefficient (Wildman–Crippen LogP) is 3.04. The van der Waals surface area contributed by atoms with Crippen LogP contribution in [-0.2, 0) is 6.54 Å². The summed E-state index contributed by atoms with van der Waals surface area (Å²) >= 11 is 0. The van der Waals surface area contributed by atoms with Gasteiger partial charge in [0.2, 0.25) is 0 Å². The summed E-state index contributed by atoms with van der Waals surface area (Å²) in [5.41, 5.74) is 8.55. The Bertz CT molecular complexity index is 477. The second-order valence-corrected chi connectivity index (χ2v) is 4.07. The molecule has 2 rings (SSSR count). The Hall–Kier alpha value is -2.03. The van der Waals surface area contributed by atoms with Crippen molar-refractivity contribution in [3.63, 3.8) is 0 Å². The van der Waals surface area contributed by atoms with Gasteiger partial charge < -0.3 is 10.6 Å². The van der Waals surface area contributed by atoms with Crippen molar-refractivity contribution >= 4 is 11.4 Å². The van der Waals surface area contributed by atoms with E-state index in [1.165, 1.54) is 12.1 Å². The number of nitrogens with zero attached hydrogens (tertiary/aromatic N) is 1. The molecule has 2 aromatic carbocycles. The van der Waals surface area contributed by atoms with Crippen LogP contribution in [0.25, 0.3) is 0 Å². The molecule has 3 heteroatoms. The summed E-state index contributed by atoms with van der Waals surface area (Å²) < 4.78 is 12.8. The highest BCUT2D eigenvalue weighted by Gasteiger charge is 2.02. The van der Waals surface area contributed by atoms with Crippen molar-refractivity contribution in [2.24, 2.45) is 0 Å². The molecule has 0 atom stereocenters. The zero-order valence-corrected chi connectivity index (χ0v) is 9.73. The minimum Gasteiger partial charge on any atom is -0.399 e. The van der Waals surface area contributed by atoms with Gasteiger partial charge >= 0.3 is 0 Å². The van der Waals surface area contributed by atoms with E-state index in [4.69, 9.17) is 5.73 Å². The number of halogens is 1. The van der Waals surface area contributed by atoms with Crippen LogP contribution in [0, 0.1) is 5.82 Å². The van der Waals surface area contributed by atoms with Gasteiger partial charge in [0, 0.05) is 25.0 Å². The third-order valence-corrected chi connectivity index (χ3v) is 2.67. The van der Waals surface area contributed by atoms with E-state index in [9.17, 15) is 4.39 Å². The Morgan fingerprint density at radius 1 is 1.00 bits per heavy atom. The third-order valence-electron chi connectivity index (χ3n) is 2.67. The van der Waals surface area contributed by atoms with Gasteiger partial charge in [0.05, 0.1) is 0 Å². The van der Waals surface area contributed by atoms with Gasteiger partial charge in [-0.25, -0.2) is 4.39 Å². The molecule has 0 bridgehead atoms. The van der Waals surface area contributed by atoms with Gasteiger partial charge in [-0.2, -0.15) is 0 Å². The molecular formula is C14H15FN2. The van der Waals surface area contributed by atoms with Gasteiger partial charge in [0.15, 0.2) is 0 Å². The lowest BCUT2D eigenvalue weighted by Gasteiger charge is -2.19. The van der Waals surface area contributed by atoms with E-state index in [2.05, 4.69) is 4.90 Å². The highest BCUT2D eigenvalue weighted by Crippen LogP contribution is 2.17. The van der Waals surface area contributed by atoms with E-state index in [1.807, 2.05) is 31.3 Å². The van der Waals surface area contributed by atoms with E-state index in [-0.39, 0.29) is 5.82 Å². The topological polar surface area (TPSA) is 29.3 Å². The molecule has 2 aromatic rings. The van der Waals surface area contributed by atoms with E-state index >= 15 is 0 Å². The lowest BCUT2D eigenvalue weighted by molar-refractivity contribution is 0.627. The molecule has 0 spiro atoms. The largest absolute Gasteiger partial charge is 0.399 e. The SMILES string of the molecule is CN(Cc1ccc(F)cc1)c1ccc(N)cc1. The minimum absolute atomic E-state index is 0.205. The number of rotatable bonds is 3. The van der Waals surface area contributed by atoms with Crippen molar-refractivity contribution in [2.45, 2.75) is 6.54 Å². The van der Waals surface area contributed by atoms with Gasteiger partial charge in [-0.15, -0.1) is 0 Å². The zero-order valence-electron chi connectivity index (χ0n) is 9.73. The van der Waals surface area contributed by atoms with Crippen molar-refractivity contribution in [3.8, 4) is 0 Å². The predicted molar refractivity (Wildman–Crippen MR) is 69.4 cm³/mol. The molecule has 88 valence electrons. The first-order valence-electron chi connectivity index (χ1n) is 5.46. The first-order valence-corrected chi connectivity index (χ1v) is 5.46. The number of hydrogen-bond acceptors (Lipinski definition) is 2. The highest BCUT2D eigenvalue weighted by molar-refractivity contribution is 5.52. The average molecular weight is 230 g/mol. The fraction of sp³-hybridized carbons (Fsp3) is 0.143. The summed E-state index contributed by atoms with van der Waals surface area (Å²) in [6.07, 6.45) is 0. The molecule has 0 saturated carbocycles. The number of nitrogen functional groups attached to an aromatic ring is 1. The molecule has 0 unspecified atom stereocenters. The normalized spacial score (nSPS) is 10.2. The van der Waals surface area contributed by atoms with Crippen LogP contribution in [0.2, 0.25) is 0 Å². The van der Waals surface area contributed by atoms with Crippen LogP contribution in [-0.4, -0.2) is 7.05 Å². The van der Waals surface area contributed by atoms with Gasteiger partial charge in [0.25, 0.3) is 0 Å². The second-order valence-electron chi connectivity index (χ2n) is 4.07. The van der Waals surface area contributed by atoms with E-state index in [0.29, 0.717) is 0 Å². The van der Waals surface area contributed by atoms with E-state index < -0.39 is 0 Å². The van der Waals surface area contributed by atoms with Gasteiger partial charge in [-0.3, -0.25) is 0 Å². The molecule has 0 fully saturated rings. The van der Waals surface area contributed by atoms with Crippen LogP contribution in [0.5, 0.6) is 0 Å². The maximum Gasteiger partial charge on any atom is 0.123 e. The Morgan fingerprint density at radius 2 is 1.59 bits per heavy atom. The van der Waals surface area contributed by atoms with Crippen LogP contribution < -0.4 is 10.6 Å². The fourth-order valence-corrected chi connectivity index (χ4v) is 1.68. The fourth-order valence-electron chi connectivity index (χ4n) is 1.68. The molecule has 0 aliphatic carbocycles. The molecule has 0 aliphatic heterocycles. The molecule has 2 N–H and O–H groups in total. The number of anilines is 2. The Kier molecular flexibility index (Phi) is 3.28. The van der Waals surface area contributed by atoms with Gasteiger partial charge in [-0.05, 0) is 42.0 Å². The highest BCUT2D eigenvalue weighted by atomic mass is 19.1. The summed E-state index contributed by atoms with van der Waals surface area (Å²) in [6, 6.07) is 14.2. The maximum atomic E-state index is 12.8. The number of nitrogens with two attached hydrogens (primary N) is 1. The standard InChI is InChI=1S/C14H15FN2/c1-17(14-8-6-13(16)7-9-14)10-11-2-4-12(15)5-3-11/h2-9H,10,16H2,1H3. The van der Waals surface area contributed by atoms with Crippen molar-refractivity contribution in [1.29, 1.82) is 0 Å². The quantitative estimate of drug-likeness (QED) is 0.821. The number of hydrogen-bond donors (Lipinski definition) is 1. The Labute approximate surface area is 100 Å². The van der Waals surface area contributed by atoms with Gasteiger partial charge in [-0.1, -0.05) is 12.1 Å². The molecule has 0 amide bonds. The van der Waals surface area contributed by atoms with E-state index in [0.717, 1.165) is 23.5 Å². The molecule has 2 nitrogen and oxygen atoms in total. The van der Waals surface area contributed by atoms with Crippen LogP contribution in [0.4, 0.5) is 15.8 Å². The van der Waals surface area contributed by atoms with Gasteiger partial charge in [0.1, 0.15) is 5.82 Å². The van der Waals surface area contributed by atoms with Crippen LogP contribution in [0.1, 0.15) is 5.56 Å². The molecule has 0 saturated heterocycles. The molecule has 0 heterocycles. The Morgan fingerprint density at radius 3 is 2.18 bits per heavy atom. The van der Waals surface area contributed by atoms with Crippen LogP contribution in [0.15, 0.2) is 48.5 Å². The summed E-state index contributed by atoms with van der Waals surface area (Å²) in [5, 5.41) is 0. The molecule has 0 aliphatic rings. The molecular weight excluding hydrogens is 215 g/mol. The Balaban J connectivity index is 2.08. The molecule has 0 radical (unpaired) electrons. The first kappa shape index (κ1) is 11.5. The third kappa shape index (κ3) is 2.97. The van der Waals surface area contributed by atoms with Crippen molar-refractivity contribution in [2.75, 3.05) is 17.7 Å². The molecule has 17 heavy (non-hydrogen) atoms. The number of benzene rings is 2.